The van der Waals surface area contributed by atoms with Crippen LogP contribution in [-0.2, 0) is 0 Å². The monoisotopic (exact) mass is 1310 g/mol. The van der Waals surface area contributed by atoms with Crippen molar-refractivity contribution in [3.05, 3.63) is 163 Å². The molecule has 0 spiro atoms. The van der Waals surface area contributed by atoms with Crippen LogP contribution in [0, 0.1) is 76.9 Å². The molecule has 0 unspecified atom stereocenters. The molecule has 92 heavy (non-hydrogen) atoms. The highest BCUT2D eigenvalue weighted by molar-refractivity contribution is 7.07. The number of furan rings is 1. The van der Waals surface area contributed by atoms with Crippen LogP contribution in [0.2, 0.25) is 0 Å². The van der Waals surface area contributed by atoms with Crippen molar-refractivity contribution >= 4 is 11.3 Å². The summed E-state index contributed by atoms with van der Waals surface area (Å²) in [6.07, 6.45) is 15.0. The van der Waals surface area contributed by atoms with Gasteiger partial charge in [0, 0.05) is 24.8 Å². The molecule has 2 N–H and O–H groups in total. The number of rotatable bonds is 1. The lowest BCUT2D eigenvalue weighted by Crippen LogP contribution is -1.85. The molecule has 9 nitrogen and oxygen atoms in total. The average Bonchev–Trinajstić information content (AvgIpc) is 3.83. The minimum absolute atomic E-state index is 0.480. The van der Waals surface area contributed by atoms with Gasteiger partial charge in [-0.05, 0) is 130 Å². The van der Waals surface area contributed by atoms with Crippen molar-refractivity contribution in [2.75, 3.05) is 0 Å². The van der Waals surface area contributed by atoms with Crippen LogP contribution < -0.4 is 0 Å². The third-order valence-electron chi connectivity index (χ3n) is 3.86. The summed E-state index contributed by atoms with van der Waals surface area (Å²) in [6.45, 7) is 88.7. The van der Waals surface area contributed by atoms with E-state index < -0.39 is 0 Å². The molecule has 0 atom stereocenters. The number of thiophene rings is 1. The maximum atomic E-state index is 4.58. The van der Waals surface area contributed by atoms with E-state index in [1.165, 1.54) is 6.26 Å². The van der Waals surface area contributed by atoms with Gasteiger partial charge in [-0.3, -0.25) is 10.1 Å². The molecular formula is C82H165N7O2S. The molecule has 10 heteroatoms. The third-order valence-corrected chi connectivity index (χ3v) is 4.49. The molecule has 7 aromatic rings. The van der Waals surface area contributed by atoms with Crippen molar-refractivity contribution in [2.45, 2.75) is 290 Å². The second-order valence-electron chi connectivity index (χ2n) is 29.8. The van der Waals surface area contributed by atoms with E-state index in [0.29, 0.717) is 5.92 Å². The highest BCUT2D eigenvalue weighted by Crippen LogP contribution is 2.06. The first-order chi connectivity index (χ1) is 42.3. The normalized spacial score (nSPS) is 8.77. The Morgan fingerprint density at radius 1 is 0.293 bits per heavy atom. The highest BCUT2D eigenvalue weighted by Gasteiger charge is 1.98. The Bertz CT molecular complexity index is 1450. The van der Waals surface area contributed by atoms with Crippen LogP contribution in [0.4, 0.5) is 0 Å². The minimum Gasteiger partial charge on any atom is -0.473 e. The van der Waals surface area contributed by atoms with Crippen molar-refractivity contribution in [1.82, 2.24) is 35.7 Å². The molecule has 0 aliphatic heterocycles. The van der Waals surface area contributed by atoms with Gasteiger partial charge in [0.25, 0.3) is 0 Å². The largest absolute Gasteiger partial charge is 0.473 e. The van der Waals surface area contributed by atoms with Crippen molar-refractivity contribution in [2.24, 2.45) is 76.9 Å². The Balaban J connectivity index is -0.0000000652. The van der Waals surface area contributed by atoms with Gasteiger partial charge in [0.1, 0.15) is 6.26 Å². The predicted octanol–water partition coefficient (Wildman–Crippen LogP) is 29.4. The molecule has 0 amide bonds. The SMILES string of the molecule is CC(C)C.CC(C)C.CC(C)C.CC(C)C.CC(C)C.CC(C)C.CC(C)C.CC(C)C.CC(C)C.CC(C)C.CC(C)C.CC(C)C.CC(C)C.CC(C)c1cn[nH]n1.c1ccccc1.c1ccncc1.c1ccoc1.c1ccsc1.c1cn[nH]c1.c1cnoc1. The zero-order valence-corrected chi connectivity index (χ0v) is 69.9. The van der Waals surface area contributed by atoms with Gasteiger partial charge in [0.2, 0.25) is 0 Å². The molecule has 7 rings (SSSR count). The lowest BCUT2D eigenvalue weighted by Gasteiger charge is -1.92. The number of nitrogens with zero attached hydrogens (tertiary/aromatic N) is 5. The van der Waals surface area contributed by atoms with Crippen LogP contribution in [0.3, 0.4) is 0 Å². The van der Waals surface area contributed by atoms with Crippen LogP contribution >= 0.6 is 11.3 Å². The van der Waals surface area contributed by atoms with E-state index in [2.05, 4.69) is 329 Å². The fraction of sp³-hybridized carbons (Fsp3) is 0.671. The number of pyridine rings is 1. The first-order valence-electron chi connectivity index (χ1n) is 34.8. The molecule has 0 saturated heterocycles. The van der Waals surface area contributed by atoms with E-state index in [-0.39, 0.29) is 0 Å². The predicted molar refractivity (Wildman–Crippen MR) is 426 cm³/mol. The molecule has 0 saturated carbocycles. The maximum absolute atomic E-state index is 4.58. The molecular weight excluding hydrogens is 1150 g/mol. The average molecular weight is 1310 g/mol. The molecule has 1 aromatic carbocycles. The van der Waals surface area contributed by atoms with Crippen molar-refractivity contribution in [3.63, 3.8) is 0 Å². The van der Waals surface area contributed by atoms with Gasteiger partial charge in [0.15, 0.2) is 0 Å². The van der Waals surface area contributed by atoms with Crippen molar-refractivity contribution in [3.8, 4) is 0 Å². The summed E-state index contributed by atoms with van der Waals surface area (Å²) in [5.74, 6) is 11.3. The summed E-state index contributed by atoms with van der Waals surface area (Å²) in [6, 6.07) is 29.0. The molecule has 546 valence electrons. The van der Waals surface area contributed by atoms with Gasteiger partial charge in [-0.2, -0.15) is 31.8 Å². The number of aromatic nitrogens is 7. The Morgan fingerprint density at radius 3 is 0.663 bits per heavy atom. The van der Waals surface area contributed by atoms with Gasteiger partial charge in [-0.25, -0.2) is 0 Å². The molecule has 6 heterocycles. The second kappa shape index (κ2) is 107. The smallest absolute Gasteiger partial charge is 0.123 e. The van der Waals surface area contributed by atoms with Crippen LogP contribution in [0.25, 0.3) is 0 Å². The van der Waals surface area contributed by atoms with E-state index in [1.807, 2.05) is 95.7 Å². The Morgan fingerprint density at radius 2 is 0.576 bits per heavy atom. The molecule has 0 bridgehead atoms. The minimum atomic E-state index is 0.480. The third kappa shape index (κ3) is 416. The second-order valence-corrected chi connectivity index (χ2v) is 30.6. The lowest BCUT2D eigenvalue weighted by molar-refractivity contribution is 0.420. The maximum Gasteiger partial charge on any atom is 0.123 e. The quantitative estimate of drug-likeness (QED) is 0.168. The molecule has 0 aliphatic rings. The van der Waals surface area contributed by atoms with Gasteiger partial charge < -0.3 is 8.94 Å². The summed E-state index contributed by atoms with van der Waals surface area (Å²) in [7, 11) is 0. The molecule has 0 radical (unpaired) electrons. The van der Waals surface area contributed by atoms with E-state index in [9.17, 15) is 0 Å². The summed E-state index contributed by atoms with van der Waals surface area (Å²) in [5, 5.41) is 23.7. The van der Waals surface area contributed by atoms with E-state index >= 15 is 0 Å². The first kappa shape index (κ1) is 117. The van der Waals surface area contributed by atoms with E-state index in [1.54, 1.807) is 67.1 Å². The standard InChI is InChI=1S/C6H6.C5H9N3.C5H5N.C4H4O.C4H4S.13C4H10.C3H4N2.C3H3NO/c1-2-4-6-5-3-1;1-4(2)5-3-6-8-7-5;1-2-4-6-5-3-1;2*1-2-4-5-3-1;13*1-4(2)3;2*1-2-4-5-3-1/h1-6H;3-4H,1-2H3,(H,6,7,8);1-5H;2*1-4H;13*4H,1-3H3;1-3H,(H,4,5);1-3H. The van der Waals surface area contributed by atoms with Crippen LogP contribution in [-0.4, -0.2) is 35.7 Å². The highest BCUT2D eigenvalue weighted by atomic mass is 32.1. The van der Waals surface area contributed by atoms with Crippen LogP contribution in [0.5, 0.6) is 0 Å². The van der Waals surface area contributed by atoms with Crippen molar-refractivity contribution < 1.29 is 8.94 Å². The molecule has 0 aliphatic carbocycles. The van der Waals surface area contributed by atoms with Gasteiger partial charge >= 0.3 is 0 Å². The summed E-state index contributed by atoms with van der Waals surface area (Å²) in [4.78, 5) is 3.78. The first-order valence-corrected chi connectivity index (χ1v) is 35.7. The van der Waals surface area contributed by atoms with Gasteiger partial charge in [-0.15, -0.1) is 0 Å². The zero-order valence-electron chi connectivity index (χ0n) is 69.1. The number of aromatic amines is 2. The summed E-state index contributed by atoms with van der Waals surface area (Å²) < 4.78 is 8.92. The molecule has 0 fully saturated rings. The van der Waals surface area contributed by atoms with Gasteiger partial charge in [-0.1, -0.05) is 344 Å². The van der Waals surface area contributed by atoms with E-state index in [4.69, 9.17) is 0 Å². The van der Waals surface area contributed by atoms with Gasteiger partial charge in [0.05, 0.1) is 30.6 Å². The Labute approximate surface area is 583 Å². The van der Waals surface area contributed by atoms with E-state index in [0.717, 1.165) is 82.6 Å². The van der Waals surface area contributed by atoms with Crippen LogP contribution in [0.15, 0.2) is 167 Å². The lowest BCUT2D eigenvalue weighted by atomic mass is 10.2. The number of nitrogens with one attached hydrogen (secondary N) is 2. The summed E-state index contributed by atoms with van der Waals surface area (Å²) >= 11 is 1.71. The number of hydrogen-bond donors (Lipinski definition) is 2. The van der Waals surface area contributed by atoms with Crippen molar-refractivity contribution in [1.29, 1.82) is 0 Å². The summed E-state index contributed by atoms with van der Waals surface area (Å²) in [5.41, 5.74) is 1.02. The number of hydrogen-bond acceptors (Lipinski definition) is 8. The van der Waals surface area contributed by atoms with Crippen LogP contribution in [0.1, 0.15) is 295 Å². The topological polar surface area (TPSA) is 122 Å². The Kier molecular flexibility index (Phi) is 137. The number of benzene rings is 1. The fourth-order valence-corrected chi connectivity index (χ4v) is 2.48. The fourth-order valence-electron chi connectivity index (χ4n) is 2.03. The zero-order chi connectivity index (χ0) is 75.1. The Hall–Kier alpha value is -5.09. The number of H-pyrrole nitrogens is 2. The molecule has 6 aromatic heterocycles.